The van der Waals surface area contributed by atoms with Gasteiger partial charge in [-0.1, -0.05) is 12.1 Å². The molecule has 0 heterocycles. The number of nitrogens with one attached hydrogen (secondary N) is 2. The lowest BCUT2D eigenvalue weighted by Gasteiger charge is -2.06. The first kappa shape index (κ1) is 21.3. The largest absolute Gasteiger partial charge is 0.489 e. The van der Waals surface area contributed by atoms with Gasteiger partial charge in [0.2, 0.25) is 5.91 Å². The molecule has 7 nitrogen and oxygen atoms in total. The van der Waals surface area contributed by atoms with Crippen LogP contribution in [0.15, 0.2) is 77.9 Å². The first-order valence-corrected chi connectivity index (χ1v) is 9.46. The van der Waals surface area contributed by atoms with Gasteiger partial charge >= 0.3 is 0 Å². The van der Waals surface area contributed by atoms with E-state index in [1.165, 1.54) is 13.1 Å². The van der Waals surface area contributed by atoms with E-state index in [-0.39, 0.29) is 11.8 Å². The summed E-state index contributed by atoms with van der Waals surface area (Å²) in [4.78, 5) is 23.2. The molecule has 2 amide bonds. The second-order valence-electron chi connectivity index (χ2n) is 6.62. The SMILES string of the molecule is CC(=O)Nc1ccc(C(=O)NN=Cc2ccc(OCc3ccc(C#N)cc3)cc2)cc1. The zero-order valence-corrected chi connectivity index (χ0v) is 16.8. The van der Waals surface area contributed by atoms with Gasteiger partial charge < -0.3 is 10.1 Å². The fourth-order valence-corrected chi connectivity index (χ4v) is 2.63. The number of nitrogens with zero attached hydrogens (tertiary/aromatic N) is 2. The van der Waals surface area contributed by atoms with Crippen LogP contribution in [-0.4, -0.2) is 18.0 Å². The summed E-state index contributed by atoms with van der Waals surface area (Å²) < 4.78 is 5.73. The number of rotatable bonds is 7. The molecule has 0 unspecified atom stereocenters. The number of carbonyl (C=O) groups excluding carboxylic acids is 2. The van der Waals surface area contributed by atoms with Gasteiger partial charge in [0, 0.05) is 18.2 Å². The molecule has 2 N–H and O–H groups in total. The van der Waals surface area contributed by atoms with Gasteiger partial charge in [-0.2, -0.15) is 10.4 Å². The average molecular weight is 412 g/mol. The maximum atomic E-state index is 12.1. The van der Waals surface area contributed by atoms with Crippen molar-refractivity contribution in [3.8, 4) is 11.8 Å². The highest BCUT2D eigenvalue weighted by Crippen LogP contribution is 2.14. The number of hydrogen-bond donors (Lipinski definition) is 2. The van der Waals surface area contributed by atoms with Crippen LogP contribution in [0.2, 0.25) is 0 Å². The lowest BCUT2D eigenvalue weighted by molar-refractivity contribution is -0.114. The molecule has 0 spiro atoms. The van der Waals surface area contributed by atoms with Gasteiger partial charge in [0.15, 0.2) is 0 Å². The molecule has 3 aromatic rings. The topological polar surface area (TPSA) is 104 Å². The quantitative estimate of drug-likeness (QED) is 0.454. The van der Waals surface area contributed by atoms with Crippen LogP contribution in [-0.2, 0) is 11.4 Å². The second-order valence-corrected chi connectivity index (χ2v) is 6.62. The van der Waals surface area contributed by atoms with Crippen molar-refractivity contribution in [2.75, 3.05) is 5.32 Å². The third-order valence-corrected chi connectivity index (χ3v) is 4.22. The standard InChI is InChI=1S/C24H20N4O3/c1-17(29)27-22-10-8-21(9-11-22)24(30)28-26-15-19-6-12-23(13-7-19)31-16-20-4-2-18(14-25)3-5-20/h2-13,15H,16H2,1H3,(H,27,29)(H,28,30). The van der Waals surface area contributed by atoms with Crippen molar-refractivity contribution in [3.05, 3.63) is 95.1 Å². The number of hydrazone groups is 1. The predicted octanol–water partition coefficient (Wildman–Crippen LogP) is 3.86. The summed E-state index contributed by atoms with van der Waals surface area (Å²) in [7, 11) is 0. The van der Waals surface area contributed by atoms with Crippen LogP contribution in [0.25, 0.3) is 0 Å². The molecule has 0 radical (unpaired) electrons. The molecule has 3 aromatic carbocycles. The Morgan fingerprint density at radius 2 is 1.68 bits per heavy atom. The summed E-state index contributed by atoms with van der Waals surface area (Å²) in [5.74, 6) is 0.172. The predicted molar refractivity (Wildman–Crippen MR) is 118 cm³/mol. The molecule has 3 rings (SSSR count). The van der Waals surface area contributed by atoms with Crippen molar-refractivity contribution < 1.29 is 14.3 Å². The summed E-state index contributed by atoms with van der Waals surface area (Å²) in [5, 5.41) is 15.4. The summed E-state index contributed by atoms with van der Waals surface area (Å²) in [6, 6.07) is 23.1. The van der Waals surface area contributed by atoms with Gasteiger partial charge in [0.05, 0.1) is 17.8 Å². The van der Waals surface area contributed by atoms with E-state index in [0.29, 0.717) is 29.2 Å². The summed E-state index contributed by atoms with van der Waals surface area (Å²) >= 11 is 0. The molecule has 0 fully saturated rings. The number of carbonyl (C=O) groups is 2. The summed E-state index contributed by atoms with van der Waals surface area (Å²) in [6.45, 7) is 1.82. The number of amides is 2. The Morgan fingerprint density at radius 3 is 2.29 bits per heavy atom. The number of benzene rings is 3. The van der Waals surface area contributed by atoms with Crippen molar-refractivity contribution >= 4 is 23.7 Å². The molecule has 154 valence electrons. The van der Waals surface area contributed by atoms with Gasteiger partial charge in [0.25, 0.3) is 5.91 Å². The zero-order chi connectivity index (χ0) is 22.1. The Balaban J connectivity index is 1.49. The van der Waals surface area contributed by atoms with E-state index >= 15 is 0 Å². The van der Waals surface area contributed by atoms with Crippen LogP contribution in [0.4, 0.5) is 5.69 Å². The smallest absolute Gasteiger partial charge is 0.271 e. The van der Waals surface area contributed by atoms with E-state index in [2.05, 4.69) is 21.9 Å². The van der Waals surface area contributed by atoms with Gasteiger partial charge in [-0.15, -0.1) is 0 Å². The van der Waals surface area contributed by atoms with Crippen LogP contribution in [0.5, 0.6) is 5.75 Å². The normalized spacial score (nSPS) is 10.3. The molecule has 31 heavy (non-hydrogen) atoms. The Bertz CT molecular complexity index is 1110. The highest BCUT2D eigenvalue weighted by atomic mass is 16.5. The van der Waals surface area contributed by atoms with Crippen LogP contribution in [0, 0.1) is 11.3 Å². The minimum absolute atomic E-state index is 0.174. The van der Waals surface area contributed by atoms with Crippen molar-refractivity contribution in [1.82, 2.24) is 5.43 Å². The number of hydrogen-bond acceptors (Lipinski definition) is 5. The summed E-state index contributed by atoms with van der Waals surface area (Å²) in [6.07, 6.45) is 1.54. The van der Waals surface area contributed by atoms with E-state index in [0.717, 1.165) is 11.1 Å². The molecule has 0 saturated heterocycles. The monoisotopic (exact) mass is 412 g/mol. The first-order chi connectivity index (χ1) is 15.0. The molecule has 7 heteroatoms. The van der Waals surface area contributed by atoms with E-state index in [4.69, 9.17) is 10.00 Å². The zero-order valence-electron chi connectivity index (χ0n) is 16.8. The third kappa shape index (κ3) is 6.54. The van der Waals surface area contributed by atoms with Crippen molar-refractivity contribution in [1.29, 1.82) is 5.26 Å². The molecule has 0 aliphatic carbocycles. The minimum Gasteiger partial charge on any atom is -0.489 e. The maximum Gasteiger partial charge on any atom is 0.271 e. The van der Waals surface area contributed by atoms with Crippen LogP contribution >= 0.6 is 0 Å². The fourth-order valence-electron chi connectivity index (χ4n) is 2.63. The van der Waals surface area contributed by atoms with Gasteiger partial charge in [-0.05, 0) is 71.8 Å². The molecule has 0 saturated carbocycles. The third-order valence-electron chi connectivity index (χ3n) is 4.22. The number of ether oxygens (including phenoxy) is 1. The highest BCUT2D eigenvalue weighted by Gasteiger charge is 2.04. The average Bonchev–Trinajstić information content (AvgIpc) is 2.79. The van der Waals surface area contributed by atoms with Gasteiger partial charge in [-0.25, -0.2) is 5.43 Å². The van der Waals surface area contributed by atoms with E-state index in [1.807, 2.05) is 36.4 Å². The lowest BCUT2D eigenvalue weighted by atomic mass is 10.1. The first-order valence-electron chi connectivity index (χ1n) is 9.46. The molecule has 0 aliphatic heterocycles. The Labute approximate surface area is 180 Å². The molecular weight excluding hydrogens is 392 g/mol. The summed E-state index contributed by atoms with van der Waals surface area (Å²) in [5.41, 5.74) is 5.90. The molecular formula is C24H20N4O3. The minimum atomic E-state index is -0.354. The fraction of sp³-hybridized carbons (Fsp3) is 0.0833. The molecule has 0 bridgehead atoms. The van der Waals surface area contributed by atoms with E-state index < -0.39 is 0 Å². The van der Waals surface area contributed by atoms with Crippen LogP contribution in [0.1, 0.15) is 34.0 Å². The van der Waals surface area contributed by atoms with E-state index in [9.17, 15) is 9.59 Å². The van der Waals surface area contributed by atoms with Crippen molar-refractivity contribution in [2.24, 2.45) is 5.10 Å². The second kappa shape index (κ2) is 10.4. The van der Waals surface area contributed by atoms with Crippen LogP contribution < -0.4 is 15.5 Å². The van der Waals surface area contributed by atoms with Crippen LogP contribution in [0.3, 0.4) is 0 Å². The maximum absolute atomic E-state index is 12.1. The van der Waals surface area contributed by atoms with E-state index in [1.54, 1.807) is 36.4 Å². The van der Waals surface area contributed by atoms with Crippen molar-refractivity contribution in [2.45, 2.75) is 13.5 Å². The molecule has 0 aromatic heterocycles. The van der Waals surface area contributed by atoms with Crippen molar-refractivity contribution in [3.63, 3.8) is 0 Å². The Morgan fingerprint density at radius 1 is 1.00 bits per heavy atom. The number of nitriles is 1. The van der Waals surface area contributed by atoms with Gasteiger partial charge in [0.1, 0.15) is 12.4 Å². The Kier molecular flexibility index (Phi) is 7.12. The highest BCUT2D eigenvalue weighted by molar-refractivity contribution is 5.96. The molecule has 0 atom stereocenters. The number of anilines is 1. The lowest BCUT2D eigenvalue weighted by Crippen LogP contribution is -2.17. The molecule has 0 aliphatic rings. The van der Waals surface area contributed by atoms with Gasteiger partial charge in [-0.3, -0.25) is 9.59 Å². The Hall–Kier alpha value is -4.44.